The second kappa shape index (κ2) is 5.54. The third-order valence-corrected chi connectivity index (χ3v) is 3.70. The maximum Gasteiger partial charge on any atom is 0.129 e. The Morgan fingerprint density at radius 3 is 2.32 bits per heavy atom. The molecule has 0 fully saturated rings. The lowest BCUT2D eigenvalue weighted by atomic mass is 9.83. The summed E-state index contributed by atoms with van der Waals surface area (Å²) >= 11 is 0. The second-order valence-electron chi connectivity index (χ2n) is 4.97. The van der Waals surface area contributed by atoms with Gasteiger partial charge in [0.1, 0.15) is 5.82 Å². The van der Waals surface area contributed by atoms with Crippen LogP contribution in [-0.2, 0) is 12.0 Å². The summed E-state index contributed by atoms with van der Waals surface area (Å²) in [6.07, 6.45) is 0.902. The highest BCUT2D eigenvalue weighted by molar-refractivity contribution is 5.31. The first-order valence-electron chi connectivity index (χ1n) is 6.59. The zero-order valence-electron chi connectivity index (χ0n) is 11.4. The normalized spacial score (nSPS) is 14.1. The summed E-state index contributed by atoms with van der Waals surface area (Å²) in [7, 11) is 0. The highest BCUT2D eigenvalue weighted by Crippen LogP contribution is 2.31. The summed E-state index contributed by atoms with van der Waals surface area (Å²) in [4.78, 5) is 0. The molecule has 0 aliphatic heterocycles. The van der Waals surface area contributed by atoms with Crippen molar-refractivity contribution in [3.8, 4) is 0 Å². The third kappa shape index (κ3) is 2.85. The van der Waals surface area contributed by atoms with E-state index in [0.717, 1.165) is 11.1 Å². The van der Waals surface area contributed by atoms with E-state index in [0.29, 0.717) is 18.4 Å². The molecule has 0 radical (unpaired) electrons. The molecule has 1 unspecified atom stereocenters. The fraction of sp³-hybridized carbons (Fsp3) is 0.294. The van der Waals surface area contributed by atoms with E-state index in [1.54, 1.807) is 18.2 Å². The van der Waals surface area contributed by atoms with E-state index in [9.17, 15) is 9.50 Å². The van der Waals surface area contributed by atoms with Gasteiger partial charge in [-0.15, -0.1) is 0 Å². The predicted octanol–water partition coefficient (Wildman–Crippen LogP) is 3.97. The van der Waals surface area contributed by atoms with Crippen LogP contribution < -0.4 is 0 Å². The molecule has 19 heavy (non-hydrogen) atoms. The van der Waals surface area contributed by atoms with Crippen LogP contribution in [0.3, 0.4) is 0 Å². The minimum atomic E-state index is -1.16. The molecule has 0 bridgehead atoms. The lowest BCUT2D eigenvalue weighted by molar-refractivity contribution is 0.0290. The molecule has 2 rings (SSSR count). The van der Waals surface area contributed by atoms with Gasteiger partial charge < -0.3 is 5.11 Å². The molecule has 0 saturated heterocycles. The number of hydrogen-bond donors (Lipinski definition) is 1. The number of aryl methyl sites for hydroxylation is 1. The van der Waals surface area contributed by atoms with E-state index < -0.39 is 5.60 Å². The van der Waals surface area contributed by atoms with Crippen molar-refractivity contribution in [3.63, 3.8) is 0 Å². The molecule has 0 spiro atoms. The van der Waals surface area contributed by atoms with Crippen molar-refractivity contribution in [2.75, 3.05) is 0 Å². The minimum Gasteiger partial charge on any atom is -0.385 e. The summed E-state index contributed by atoms with van der Waals surface area (Å²) in [5.74, 6) is -0.347. The maximum absolute atomic E-state index is 13.9. The molecule has 0 aliphatic carbocycles. The molecule has 0 heterocycles. The van der Waals surface area contributed by atoms with Crippen LogP contribution in [0.25, 0.3) is 0 Å². The monoisotopic (exact) mass is 258 g/mol. The van der Waals surface area contributed by atoms with Gasteiger partial charge in [0, 0.05) is 12.0 Å². The number of rotatable bonds is 4. The molecule has 1 atom stereocenters. The zero-order chi connectivity index (χ0) is 13.9. The summed E-state index contributed by atoms with van der Waals surface area (Å²) in [5.41, 5.74) is 1.39. The summed E-state index contributed by atoms with van der Waals surface area (Å²) in [6, 6.07) is 14.4. The first kappa shape index (κ1) is 13.8. The first-order chi connectivity index (χ1) is 9.07. The highest BCUT2D eigenvalue weighted by atomic mass is 19.1. The molecule has 0 saturated carbocycles. The van der Waals surface area contributed by atoms with Crippen molar-refractivity contribution >= 4 is 0 Å². The van der Waals surface area contributed by atoms with Gasteiger partial charge in [-0.1, -0.05) is 49.4 Å². The van der Waals surface area contributed by atoms with Crippen molar-refractivity contribution in [1.82, 2.24) is 0 Å². The van der Waals surface area contributed by atoms with Gasteiger partial charge in [-0.25, -0.2) is 4.39 Å². The highest BCUT2D eigenvalue weighted by Gasteiger charge is 2.30. The average Bonchev–Trinajstić information content (AvgIpc) is 2.42. The molecule has 2 heteroatoms. The molecule has 1 nitrogen and oxygen atoms in total. The van der Waals surface area contributed by atoms with Gasteiger partial charge in [-0.3, -0.25) is 0 Å². The summed E-state index contributed by atoms with van der Waals surface area (Å²) < 4.78 is 13.9. The van der Waals surface area contributed by atoms with Crippen LogP contribution in [0.15, 0.2) is 48.5 Å². The van der Waals surface area contributed by atoms with Crippen LogP contribution in [0.1, 0.15) is 30.0 Å². The molecule has 100 valence electrons. The number of aliphatic hydroxyl groups is 1. The van der Waals surface area contributed by atoms with Gasteiger partial charge in [0.15, 0.2) is 0 Å². The third-order valence-electron chi connectivity index (χ3n) is 3.70. The molecular weight excluding hydrogens is 239 g/mol. The fourth-order valence-electron chi connectivity index (χ4n) is 2.37. The minimum absolute atomic E-state index is 0.347. The number of hydrogen-bond acceptors (Lipinski definition) is 1. The van der Waals surface area contributed by atoms with Gasteiger partial charge in [0.25, 0.3) is 0 Å². The predicted molar refractivity (Wildman–Crippen MR) is 75.5 cm³/mol. The van der Waals surface area contributed by atoms with Crippen molar-refractivity contribution in [1.29, 1.82) is 0 Å². The second-order valence-corrected chi connectivity index (χ2v) is 4.97. The van der Waals surface area contributed by atoms with Gasteiger partial charge in [-0.05, 0) is 30.5 Å². The van der Waals surface area contributed by atoms with Crippen LogP contribution in [0.5, 0.6) is 0 Å². The Bertz CT molecular complexity index is 565. The quantitative estimate of drug-likeness (QED) is 0.879. The van der Waals surface area contributed by atoms with Crippen LogP contribution >= 0.6 is 0 Å². The van der Waals surface area contributed by atoms with E-state index in [-0.39, 0.29) is 5.82 Å². The Morgan fingerprint density at radius 1 is 1.05 bits per heavy atom. The van der Waals surface area contributed by atoms with Crippen LogP contribution in [0, 0.1) is 12.7 Å². The largest absolute Gasteiger partial charge is 0.385 e. The molecular formula is C17H19FO. The topological polar surface area (TPSA) is 20.2 Å². The van der Waals surface area contributed by atoms with Crippen molar-refractivity contribution < 1.29 is 9.50 Å². The maximum atomic E-state index is 13.9. The molecule has 0 aliphatic rings. The van der Waals surface area contributed by atoms with Crippen LogP contribution in [0.4, 0.5) is 4.39 Å². The van der Waals surface area contributed by atoms with Gasteiger partial charge in [0.2, 0.25) is 0 Å². The average molecular weight is 258 g/mol. The lowest BCUT2D eigenvalue weighted by Crippen LogP contribution is -2.29. The van der Waals surface area contributed by atoms with Gasteiger partial charge in [0.05, 0.1) is 5.60 Å². The standard InChI is InChI=1S/C17H19FO/c1-3-17(19,15-10-6-7-11-16(15)18)12-14-9-5-4-8-13(14)2/h4-11,19H,3,12H2,1-2H3. The van der Waals surface area contributed by atoms with Crippen LogP contribution in [0.2, 0.25) is 0 Å². The first-order valence-corrected chi connectivity index (χ1v) is 6.59. The van der Waals surface area contributed by atoms with E-state index in [1.807, 2.05) is 38.1 Å². The molecule has 1 N–H and O–H groups in total. The van der Waals surface area contributed by atoms with E-state index in [1.165, 1.54) is 6.07 Å². The van der Waals surface area contributed by atoms with E-state index in [2.05, 4.69) is 0 Å². The summed E-state index contributed by atoms with van der Waals surface area (Å²) in [5, 5.41) is 10.8. The van der Waals surface area contributed by atoms with Crippen LogP contribution in [-0.4, -0.2) is 5.11 Å². The number of halogens is 1. The smallest absolute Gasteiger partial charge is 0.129 e. The van der Waals surface area contributed by atoms with E-state index in [4.69, 9.17) is 0 Å². The lowest BCUT2D eigenvalue weighted by Gasteiger charge is -2.28. The van der Waals surface area contributed by atoms with Crippen molar-refractivity contribution in [2.45, 2.75) is 32.3 Å². The summed E-state index contributed by atoms with van der Waals surface area (Å²) in [6.45, 7) is 3.89. The molecule has 0 aromatic heterocycles. The SMILES string of the molecule is CCC(O)(Cc1ccccc1C)c1ccccc1F. The molecule has 0 amide bonds. The zero-order valence-corrected chi connectivity index (χ0v) is 11.4. The Labute approximate surface area is 113 Å². The van der Waals surface area contributed by atoms with E-state index >= 15 is 0 Å². The van der Waals surface area contributed by atoms with Gasteiger partial charge in [-0.2, -0.15) is 0 Å². The molecule has 2 aromatic rings. The molecule has 2 aromatic carbocycles. The Hall–Kier alpha value is -1.67. The Morgan fingerprint density at radius 2 is 1.68 bits per heavy atom. The number of benzene rings is 2. The fourth-order valence-corrected chi connectivity index (χ4v) is 2.37. The van der Waals surface area contributed by atoms with Crippen molar-refractivity contribution in [2.24, 2.45) is 0 Å². The Kier molecular flexibility index (Phi) is 4.01. The Balaban J connectivity index is 2.39. The van der Waals surface area contributed by atoms with Gasteiger partial charge >= 0.3 is 0 Å². The van der Waals surface area contributed by atoms with Crippen molar-refractivity contribution in [3.05, 3.63) is 71.0 Å².